The Labute approximate surface area is 122 Å². The minimum atomic E-state index is -3.34. The average molecular weight is 311 g/mol. The fraction of sp³-hybridized carbons (Fsp3) is 0.462. The third-order valence-electron chi connectivity index (χ3n) is 3.50. The van der Waals surface area contributed by atoms with Crippen molar-refractivity contribution in [1.82, 2.24) is 10.3 Å². The Morgan fingerprint density at radius 2 is 2.10 bits per heavy atom. The molecule has 7 heteroatoms. The van der Waals surface area contributed by atoms with E-state index in [1.165, 1.54) is 11.3 Å². The molecular weight excluding hydrogens is 294 g/mol. The number of rotatable bonds is 3. The summed E-state index contributed by atoms with van der Waals surface area (Å²) in [5.41, 5.74) is 1.98. The summed E-state index contributed by atoms with van der Waals surface area (Å²) in [5.74, 6) is 0. The molecule has 0 spiro atoms. The monoisotopic (exact) mass is 311 g/mol. The summed E-state index contributed by atoms with van der Waals surface area (Å²) in [5, 5.41) is 3.31. The van der Waals surface area contributed by atoms with E-state index in [0.717, 1.165) is 28.9 Å². The van der Waals surface area contributed by atoms with Crippen molar-refractivity contribution in [3.8, 4) is 0 Å². The van der Waals surface area contributed by atoms with Gasteiger partial charge in [0.25, 0.3) is 0 Å². The van der Waals surface area contributed by atoms with Crippen molar-refractivity contribution in [2.45, 2.75) is 25.0 Å². The van der Waals surface area contributed by atoms with Gasteiger partial charge in [0.1, 0.15) is 0 Å². The summed E-state index contributed by atoms with van der Waals surface area (Å²) in [6.07, 6.45) is 1.30. The summed E-state index contributed by atoms with van der Waals surface area (Å²) in [4.78, 5) is 4.35. The quantitative estimate of drug-likeness (QED) is 0.910. The van der Waals surface area contributed by atoms with E-state index in [0.29, 0.717) is 18.0 Å². The second-order valence-corrected chi connectivity index (χ2v) is 8.08. The van der Waals surface area contributed by atoms with Crippen LogP contribution in [0.25, 0.3) is 10.2 Å². The second-order valence-electron chi connectivity index (χ2n) is 5.09. The van der Waals surface area contributed by atoms with Crippen LogP contribution in [0.15, 0.2) is 18.2 Å². The molecule has 20 heavy (non-hydrogen) atoms. The predicted octanol–water partition coefficient (Wildman–Crippen LogP) is 2.10. The standard InChI is InChI=1S/C13H17N3O2S2/c1-9-2-3-11-12(8-9)19-13(15-11)16-20(17,18)10-4-6-14-7-5-10/h2-3,8,10,14H,4-7H2,1H3,(H,15,16). The molecule has 3 rings (SSSR count). The third kappa shape index (κ3) is 2.79. The van der Waals surface area contributed by atoms with Gasteiger partial charge >= 0.3 is 0 Å². The van der Waals surface area contributed by atoms with Gasteiger partial charge in [-0.15, -0.1) is 0 Å². The van der Waals surface area contributed by atoms with Gasteiger partial charge < -0.3 is 5.32 Å². The summed E-state index contributed by atoms with van der Waals surface area (Å²) >= 11 is 1.39. The van der Waals surface area contributed by atoms with E-state index < -0.39 is 10.0 Å². The van der Waals surface area contributed by atoms with E-state index in [9.17, 15) is 8.42 Å². The van der Waals surface area contributed by atoms with Crippen LogP contribution in [-0.4, -0.2) is 31.7 Å². The largest absolute Gasteiger partial charge is 0.317 e. The van der Waals surface area contributed by atoms with Crippen LogP contribution in [0.5, 0.6) is 0 Å². The Morgan fingerprint density at radius 1 is 1.35 bits per heavy atom. The first-order valence-corrected chi connectivity index (χ1v) is 9.00. The lowest BCUT2D eigenvalue weighted by Crippen LogP contribution is -2.38. The summed E-state index contributed by atoms with van der Waals surface area (Å²) < 4.78 is 28.3. The molecule has 0 saturated carbocycles. The van der Waals surface area contributed by atoms with E-state index in [1.807, 2.05) is 25.1 Å². The van der Waals surface area contributed by atoms with Crippen LogP contribution < -0.4 is 10.0 Å². The van der Waals surface area contributed by atoms with Gasteiger partial charge in [-0.3, -0.25) is 4.72 Å². The minimum absolute atomic E-state index is 0.322. The maximum Gasteiger partial charge on any atom is 0.237 e. The highest BCUT2D eigenvalue weighted by Crippen LogP contribution is 2.28. The molecule has 0 aliphatic carbocycles. The lowest BCUT2D eigenvalue weighted by atomic mass is 10.2. The molecule has 0 atom stereocenters. The number of aromatic nitrogens is 1. The zero-order chi connectivity index (χ0) is 14.2. The summed E-state index contributed by atoms with van der Waals surface area (Å²) in [6.45, 7) is 3.52. The van der Waals surface area contributed by atoms with E-state index in [-0.39, 0.29) is 5.25 Å². The second kappa shape index (κ2) is 5.31. The van der Waals surface area contributed by atoms with Crippen molar-refractivity contribution in [1.29, 1.82) is 0 Å². The van der Waals surface area contributed by atoms with E-state index in [2.05, 4.69) is 15.0 Å². The molecule has 1 aliphatic heterocycles. The third-order valence-corrected chi connectivity index (χ3v) is 6.39. The topological polar surface area (TPSA) is 71.1 Å². The number of anilines is 1. The fourth-order valence-electron chi connectivity index (χ4n) is 2.39. The van der Waals surface area contributed by atoms with Gasteiger partial charge in [-0.25, -0.2) is 13.4 Å². The van der Waals surface area contributed by atoms with Crippen LogP contribution in [0.3, 0.4) is 0 Å². The molecule has 1 saturated heterocycles. The molecular formula is C13H17N3O2S2. The van der Waals surface area contributed by atoms with Gasteiger partial charge in [-0.2, -0.15) is 0 Å². The average Bonchev–Trinajstić information content (AvgIpc) is 2.80. The number of nitrogens with zero attached hydrogens (tertiary/aromatic N) is 1. The van der Waals surface area contributed by atoms with Crippen molar-refractivity contribution in [3.63, 3.8) is 0 Å². The highest BCUT2D eigenvalue weighted by molar-refractivity contribution is 7.93. The SMILES string of the molecule is Cc1ccc2nc(NS(=O)(=O)C3CCNCC3)sc2c1. The molecule has 0 bridgehead atoms. The lowest BCUT2D eigenvalue weighted by Gasteiger charge is -2.22. The van der Waals surface area contributed by atoms with Crippen LogP contribution in [0, 0.1) is 6.92 Å². The molecule has 1 fully saturated rings. The lowest BCUT2D eigenvalue weighted by molar-refractivity contribution is 0.499. The van der Waals surface area contributed by atoms with Crippen molar-refractivity contribution >= 4 is 36.7 Å². The zero-order valence-electron chi connectivity index (χ0n) is 11.2. The molecule has 0 radical (unpaired) electrons. The van der Waals surface area contributed by atoms with Crippen LogP contribution in [-0.2, 0) is 10.0 Å². The van der Waals surface area contributed by atoms with E-state index in [1.54, 1.807) is 0 Å². The van der Waals surface area contributed by atoms with Crippen LogP contribution in [0.4, 0.5) is 5.13 Å². The van der Waals surface area contributed by atoms with Gasteiger partial charge in [0.15, 0.2) is 5.13 Å². The van der Waals surface area contributed by atoms with Gasteiger partial charge in [-0.05, 0) is 50.6 Å². The number of sulfonamides is 1. The molecule has 1 aromatic heterocycles. The molecule has 1 aliphatic rings. The maximum atomic E-state index is 12.3. The van der Waals surface area contributed by atoms with Crippen LogP contribution >= 0.6 is 11.3 Å². The Balaban J connectivity index is 1.84. The van der Waals surface area contributed by atoms with Crippen molar-refractivity contribution in [2.24, 2.45) is 0 Å². The fourth-order valence-corrected chi connectivity index (χ4v) is 5.03. The van der Waals surface area contributed by atoms with E-state index in [4.69, 9.17) is 0 Å². The van der Waals surface area contributed by atoms with Crippen molar-refractivity contribution < 1.29 is 8.42 Å². The van der Waals surface area contributed by atoms with Gasteiger partial charge in [-0.1, -0.05) is 17.4 Å². The molecule has 0 unspecified atom stereocenters. The van der Waals surface area contributed by atoms with Gasteiger partial charge in [0.05, 0.1) is 15.5 Å². The zero-order valence-corrected chi connectivity index (χ0v) is 12.9. The highest BCUT2D eigenvalue weighted by Gasteiger charge is 2.27. The Bertz CT molecular complexity index is 718. The molecule has 1 aromatic carbocycles. The van der Waals surface area contributed by atoms with Crippen molar-refractivity contribution in [2.75, 3.05) is 17.8 Å². The van der Waals surface area contributed by atoms with Gasteiger partial charge in [0, 0.05) is 0 Å². The number of piperidine rings is 1. The minimum Gasteiger partial charge on any atom is -0.317 e. The molecule has 2 aromatic rings. The number of fused-ring (bicyclic) bond motifs is 1. The number of thiazole rings is 1. The highest BCUT2D eigenvalue weighted by atomic mass is 32.2. The smallest absolute Gasteiger partial charge is 0.237 e. The number of nitrogens with one attached hydrogen (secondary N) is 2. The van der Waals surface area contributed by atoms with Crippen LogP contribution in [0.2, 0.25) is 0 Å². The first-order valence-electron chi connectivity index (χ1n) is 6.64. The predicted molar refractivity (Wildman–Crippen MR) is 82.8 cm³/mol. The van der Waals surface area contributed by atoms with Crippen LogP contribution in [0.1, 0.15) is 18.4 Å². The number of hydrogen-bond acceptors (Lipinski definition) is 5. The molecule has 5 nitrogen and oxygen atoms in total. The molecule has 108 valence electrons. The number of aryl methyl sites for hydroxylation is 1. The molecule has 2 N–H and O–H groups in total. The number of benzene rings is 1. The first-order chi connectivity index (χ1) is 9.54. The Morgan fingerprint density at radius 3 is 2.85 bits per heavy atom. The number of hydrogen-bond donors (Lipinski definition) is 2. The van der Waals surface area contributed by atoms with E-state index >= 15 is 0 Å². The maximum absolute atomic E-state index is 12.3. The Hall–Kier alpha value is -1.18. The summed E-state index contributed by atoms with van der Waals surface area (Å²) in [6, 6.07) is 5.92. The van der Waals surface area contributed by atoms with Crippen molar-refractivity contribution in [3.05, 3.63) is 23.8 Å². The molecule has 2 heterocycles. The van der Waals surface area contributed by atoms with Gasteiger partial charge in [0.2, 0.25) is 10.0 Å². The molecule has 0 amide bonds. The Kier molecular flexibility index (Phi) is 3.66. The summed E-state index contributed by atoms with van der Waals surface area (Å²) in [7, 11) is -3.34. The first kappa shape index (κ1) is 13.8. The normalized spacial score (nSPS) is 17.4.